The molecule has 0 radical (unpaired) electrons. The number of nitrogens with zero attached hydrogens (tertiary/aromatic N) is 4. The van der Waals surface area contributed by atoms with Crippen LogP contribution in [0.25, 0.3) is 11.3 Å². The smallest absolute Gasteiger partial charge is 0.223 e. The number of anilines is 1. The second kappa shape index (κ2) is 7.46. The van der Waals surface area contributed by atoms with Crippen LogP contribution in [0.1, 0.15) is 63.4 Å². The molecule has 25 heavy (non-hydrogen) atoms. The Morgan fingerprint density at radius 2 is 1.88 bits per heavy atom. The van der Waals surface area contributed by atoms with Gasteiger partial charge in [0.05, 0.1) is 11.4 Å². The molecule has 0 spiro atoms. The van der Waals surface area contributed by atoms with Crippen LogP contribution in [-0.4, -0.2) is 26.0 Å². The van der Waals surface area contributed by atoms with E-state index in [2.05, 4.69) is 22.2 Å². The zero-order valence-electron chi connectivity index (χ0n) is 15.0. The standard InChI is InChI=1S/C20H27N5/c1-2-19-22-13-16(18(24-19)12-14-8-9-14)17-10-11-21-20(25-17)23-15-6-4-3-5-7-15/h10-11,13-15H,2-9,12H2,1H3,(H,21,23,25). The average molecular weight is 337 g/mol. The number of hydrogen-bond donors (Lipinski definition) is 1. The van der Waals surface area contributed by atoms with E-state index in [4.69, 9.17) is 9.97 Å². The first-order valence-corrected chi connectivity index (χ1v) is 9.76. The third-order valence-electron chi connectivity index (χ3n) is 5.28. The molecule has 0 amide bonds. The molecule has 0 unspecified atom stereocenters. The van der Waals surface area contributed by atoms with Crippen molar-refractivity contribution in [1.29, 1.82) is 0 Å². The SMILES string of the molecule is CCc1ncc(-c2ccnc(NC3CCCCC3)n2)c(CC2CC2)n1. The molecule has 2 aliphatic carbocycles. The van der Waals surface area contributed by atoms with Crippen molar-refractivity contribution in [2.75, 3.05) is 5.32 Å². The van der Waals surface area contributed by atoms with E-state index in [0.717, 1.165) is 47.5 Å². The maximum absolute atomic E-state index is 4.80. The number of nitrogens with one attached hydrogen (secondary N) is 1. The van der Waals surface area contributed by atoms with E-state index < -0.39 is 0 Å². The van der Waals surface area contributed by atoms with Gasteiger partial charge in [-0.25, -0.2) is 19.9 Å². The van der Waals surface area contributed by atoms with Gasteiger partial charge in [0.15, 0.2) is 0 Å². The monoisotopic (exact) mass is 337 g/mol. The molecule has 2 saturated carbocycles. The average Bonchev–Trinajstić information content (AvgIpc) is 3.47. The van der Waals surface area contributed by atoms with E-state index in [1.54, 1.807) is 0 Å². The van der Waals surface area contributed by atoms with E-state index in [1.807, 2.05) is 18.5 Å². The molecule has 1 N–H and O–H groups in total. The molecule has 0 bridgehead atoms. The first-order chi connectivity index (χ1) is 12.3. The van der Waals surface area contributed by atoms with Crippen molar-refractivity contribution in [2.45, 2.75) is 70.8 Å². The van der Waals surface area contributed by atoms with Crippen LogP contribution in [0.4, 0.5) is 5.95 Å². The molecule has 2 aromatic heterocycles. The van der Waals surface area contributed by atoms with Gasteiger partial charge >= 0.3 is 0 Å². The minimum Gasteiger partial charge on any atom is -0.351 e. The summed E-state index contributed by atoms with van der Waals surface area (Å²) in [6, 6.07) is 2.49. The molecular formula is C20H27N5. The first-order valence-electron chi connectivity index (χ1n) is 9.76. The fourth-order valence-corrected chi connectivity index (χ4v) is 3.60. The van der Waals surface area contributed by atoms with Gasteiger partial charge in [0.25, 0.3) is 0 Å². The van der Waals surface area contributed by atoms with Crippen molar-refractivity contribution in [2.24, 2.45) is 5.92 Å². The molecule has 0 atom stereocenters. The Hall–Kier alpha value is -2.04. The Kier molecular flexibility index (Phi) is 4.90. The summed E-state index contributed by atoms with van der Waals surface area (Å²) in [6.07, 6.45) is 14.7. The summed E-state index contributed by atoms with van der Waals surface area (Å²) in [6.45, 7) is 2.10. The molecule has 4 rings (SSSR count). The molecule has 0 saturated heterocycles. The molecule has 0 aliphatic heterocycles. The maximum Gasteiger partial charge on any atom is 0.223 e. The molecule has 0 aromatic carbocycles. The number of aromatic nitrogens is 4. The Morgan fingerprint density at radius 3 is 2.64 bits per heavy atom. The summed E-state index contributed by atoms with van der Waals surface area (Å²) in [5, 5.41) is 3.52. The minimum atomic E-state index is 0.508. The van der Waals surface area contributed by atoms with Crippen molar-refractivity contribution in [3.63, 3.8) is 0 Å². The normalized spacial score (nSPS) is 18.3. The highest BCUT2D eigenvalue weighted by Gasteiger charge is 2.24. The zero-order valence-corrected chi connectivity index (χ0v) is 15.0. The first kappa shape index (κ1) is 16.4. The van der Waals surface area contributed by atoms with Crippen LogP contribution in [0.15, 0.2) is 18.5 Å². The highest BCUT2D eigenvalue weighted by Crippen LogP contribution is 2.34. The molecule has 2 aliphatic rings. The van der Waals surface area contributed by atoms with Crippen LogP contribution in [-0.2, 0) is 12.8 Å². The lowest BCUT2D eigenvalue weighted by atomic mass is 9.96. The van der Waals surface area contributed by atoms with E-state index in [0.29, 0.717) is 6.04 Å². The van der Waals surface area contributed by atoms with Crippen LogP contribution in [0, 0.1) is 5.92 Å². The molecule has 5 nitrogen and oxygen atoms in total. The predicted octanol–water partition coefficient (Wildman–Crippen LogP) is 4.19. The Labute approximate surface area is 149 Å². The second-order valence-electron chi connectivity index (χ2n) is 7.39. The highest BCUT2D eigenvalue weighted by atomic mass is 15.1. The van der Waals surface area contributed by atoms with Gasteiger partial charge in [-0.15, -0.1) is 0 Å². The van der Waals surface area contributed by atoms with Gasteiger partial charge in [-0.1, -0.05) is 26.2 Å². The number of rotatable bonds is 6. The lowest BCUT2D eigenvalue weighted by Gasteiger charge is -2.22. The molecule has 2 heterocycles. The van der Waals surface area contributed by atoms with E-state index in [9.17, 15) is 0 Å². The van der Waals surface area contributed by atoms with Crippen LogP contribution in [0.3, 0.4) is 0 Å². The molecule has 2 aromatic rings. The minimum absolute atomic E-state index is 0.508. The highest BCUT2D eigenvalue weighted by molar-refractivity contribution is 5.62. The van der Waals surface area contributed by atoms with Gasteiger partial charge in [-0.05, 0) is 44.1 Å². The lowest BCUT2D eigenvalue weighted by molar-refractivity contribution is 0.461. The van der Waals surface area contributed by atoms with Crippen molar-refractivity contribution < 1.29 is 0 Å². The second-order valence-corrected chi connectivity index (χ2v) is 7.39. The molecular weight excluding hydrogens is 310 g/mol. The quantitative estimate of drug-likeness (QED) is 0.856. The van der Waals surface area contributed by atoms with Gasteiger partial charge in [-0.2, -0.15) is 0 Å². The summed E-state index contributed by atoms with van der Waals surface area (Å²) >= 11 is 0. The van der Waals surface area contributed by atoms with Crippen molar-refractivity contribution >= 4 is 5.95 Å². The van der Waals surface area contributed by atoms with Crippen LogP contribution in [0.5, 0.6) is 0 Å². The van der Waals surface area contributed by atoms with E-state index in [1.165, 1.54) is 44.9 Å². The summed E-state index contributed by atoms with van der Waals surface area (Å²) in [7, 11) is 0. The van der Waals surface area contributed by atoms with Gasteiger partial charge in [0.2, 0.25) is 5.95 Å². The maximum atomic E-state index is 4.80. The molecule has 2 fully saturated rings. The van der Waals surface area contributed by atoms with Crippen molar-refractivity contribution in [3.05, 3.63) is 30.0 Å². The third kappa shape index (κ3) is 4.14. The van der Waals surface area contributed by atoms with Crippen molar-refractivity contribution in [3.8, 4) is 11.3 Å². The summed E-state index contributed by atoms with van der Waals surface area (Å²) in [5.74, 6) is 2.45. The fourth-order valence-electron chi connectivity index (χ4n) is 3.60. The summed E-state index contributed by atoms with van der Waals surface area (Å²) in [5.41, 5.74) is 3.15. The van der Waals surface area contributed by atoms with E-state index >= 15 is 0 Å². The molecule has 5 heteroatoms. The number of hydrogen-bond acceptors (Lipinski definition) is 5. The van der Waals surface area contributed by atoms with Crippen LogP contribution in [0.2, 0.25) is 0 Å². The van der Waals surface area contributed by atoms with Gasteiger partial charge in [-0.3, -0.25) is 0 Å². The van der Waals surface area contributed by atoms with Gasteiger partial charge in [0, 0.05) is 30.4 Å². The lowest BCUT2D eigenvalue weighted by Crippen LogP contribution is -2.23. The van der Waals surface area contributed by atoms with Crippen molar-refractivity contribution in [1.82, 2.24) is 19.9 Å². The zero-order chi connectivity index (χ0) is 17.1. The van der Waals surface area contributed by atoms with Gasteiger partial charge < -0.3 is 5.32 Å². The van der Waals surface area contributed by atoms with Crippen LogP contribution >= 0.6 is 0 Å². The summed E-state index contributed by atoms with van der Waals surface area (Å²) in [4.78, 5) is 18.5. The van der Waals surface area contributed by atoms with Gasteiger partial charge in [0.1, 0.15) is 5.82 Å². The Morgan fingerprint density at radius 1 is 1.04 bits per heavy atom. The predicted molar refractivity (Wildman–Crippen MR) is 99.4 cm³/mol. The Bertz CT molecular complexity index is 720. The van der Waals surface area contributed by atoms with E-state index in [-0.39, 0.29) is 0 Å². The topological polar surface area (TPSA) is 63.6 Å². The fraction of sp³-hybridized carbons (Fsp3) is 0.600. The largest absolute Gasteiger partial charge is 0.351 e. The van der Waals surface area contributed by atoms with Crippen LogP contribution < -0.4 is 5.32 Å². The third-order valence-corrected chi connectivity index (χ3v) is 5.28. The number of aryl methyl sites for hydroxylation is 1. The molecule has 132 valence electrons. The summed E-state index contributed by atoms with van der Waals surface area (Å²) < 4.78 is 0. The Balaban J connectivity index is 1.59.